The lowest BCUT2D eigenvalue weighted by atomic mass is 10.1. The standard InChI is InChI=1S/C20H22ClFN2O/c21-19-4-2-1-3-17(19)7-10-20(25)24-13-11-23(12-14-24)15-16-5-8-18(22)9-6-16/h1-6,8-9H,7,10-15H2. The largest absolute Gasteiger partial charge is 0.340 e. The van der Waals surface area contributed by atoms with Crippen LogP contribution in [0.4, 0.5) is 4.39 Å². The quantitative estimate of drug-likeness (QED) is 0.810. The molecule has 1 saturated heterocycles. The lowest BCUT2D eigenvalue weighted by Crippen LogP contribution is -2.48. The summed E-state index contributed by atoms with van der Waals surface area (Å²) in [6, 6.07) is 14.3. The molecule has 0 aromatic heterocycles. The number of aryl methyl sites for hydroxylation is 1. The number of carbonyl (C=O) groups is 1. The highest BCUT2D eigenvalue weighted by molar-refractivity contribution is 6.31. The van der Waals surface area contributed by atoms with Gasteiger partial charge in [0, 0.05) is 44.2 Å². The molecular weight excluding hydrogens is 339 g/mol. The molecule has 3 nitrogen and oxygen atoms in total. The van der Waals surface area contributed by atoms with E-state index in [9.17, 15) is 9.18 Å². The minimum atomic E-state index is -0.210. The number of piperazine rings is 1. The Morgan fingerprint density at radius 3 is 2.36 bits per heavy atom. The molecule has 1 amide bonds. The minimum Gasteiger partial charge on any atom is -0.340 e. The van der Waals surface area contributed by atoms with Crippen molar-refractivity contribution in [1.29, 1.82) is 0 Å². The molecule has 0 unspecified atom stereocenters. The van der Waals surface area contributed by atoms with Gasteiger partial charge in [0.25, 0.3) is 0 Å². The van der Waals surface area contributed by atoms with Gasteiger partial charge in [-0.15, -0.1) is 0 Å². The Morgan fingerprint density at radius 2 is 1.68 bits per heavy atom. The summed E-state index contributed by atoms with van der Waals surface area (Å²) in [6.07, 6.45) is 1.16. The topological polar surface area (TPSA) is 23.6 Å². The van der Waals surface area contributed by atoms with E-state index in [1.54, 1.807) is 0 Å². The number of hydrogen-bond acceptors (Lipinski definition) is 2. The van der Waals surface area contributed by atoms with Crippen LogP contribution in [-0.4, -0.2) is 41.9 Å². The fraction of sp³-hybridized carbons (Fsp3) is 0.350. The van der Waals surface area contributed by atoms with Gasteiger partial charge in [-0.05, 0) is 35.7 Å². The van der Waals surface area contributed by atoms with E-state index in [1.807, 2.05) is 41.3 Å². The lowest BCUT2D eigenvalue weighted by molar-refractivity contribution is -0.133. The molecule has 1 heterocycles. The molecule has 5 heteroatoms. The second kappa shape index (κ2) is 8.45. The van der Waals surface area contributed by atoms with Crippen LogP contribution in [0.25, 0.3) is 0 Å². The molecule has 0 spiro atoms. The predicted molar refractivity (Wildman–Crippen MR) is 98.0 cm³/mol. The summed E-state index contributed by atoms with van der Waals surface area (Å²) in [5, 5.41) is 0.722. The van der Waals surface area contributed by atoms with Crippen LogP contribution < -0.4 is 0 Å². The maximum Gasteiger partial charge on any atom is 0.222 e. The molecule has 0 bridgehead atoms. The average Bonchev–Trinajstić information content (AvgIpc) is 2.63. The van der Waals surface area contributed by atoms with Gasteiger partial charge >= 0.3 is 0 Å². The molecule has 1 aliphatic rings. The number of rotatable bonds is 5. The van der Waals surface area contributed by atoms with Gasteiger partial charge in [-0.3, -0.25) is 9.69 Å². The zero-order chi connectivity index (χ0) is 17.6. The maximum absolute atomic E-state index is 13.0. The van der Waals surface area contributed by atoms with Crippen LogP contribution in [0.5, 0.6) is 0 Å². The third kappa shape index (κ3) is 5.03. The van der Waals surface area contributed by atoms with Crippen molar-refractivity contribution < 1.29 is 9.18 Å². The second-order valence-electron chi connectivity index (χ2n) is 6.37. The Hall–Kier alpha value is -1.91. The molecule has 0 N–H and O–H groups in total. The van der Waals surface area contributed by atoms with Gasteiger partial charge < -0.3 is 4.90 Å². The monoisotopic (exact) mass is 360 g/mol. The van der Waals surface area contributed by atoms with Crippen molar-refractivity contribution >= 4 is 17.5 Å². The Bertz CT molecular complexity index is 712. The van der Waals surface area contributed by atoms with E-state index in [2.05, 4.69) is 4.90 Å². The number of carbonyl (C=O) groups excluding carboxylic acids is 1. The molecule has 0 aliphatic carbocycles. The van der Waals surface area contributed by atoms with Crippen LogP contribution in [0.3, 0.4) is 0 Å². The van der Waals surface area contributed by atoms with Crippen LogP contribution in [0.1, 0.15) is 17.5 Å². The van der Waals surface area contributed by atoms with Crippen LogP contribution in [-0.2, 0) is 17.8 Å². The van der Waals surface area contributed by atoms with Crippen LogP contribution in [0, 0.1) is 5.82 Å². The van der Waals surface area contributed by atoms with E-state index in [1.165, 1.54) is 12.1 Å². The maximum atomic E-state index is 13.0. The van der Waals surface area contributed by atoms with E-state index in [0.717, 1.165) is 48.9 Å². The van der Waals surface area contributed by atoms with Gasteiger partial charge in [-0.25, -0.2) is 4.39 Å². The molecule has 3 rings (SSSR count). The van der Waals surface area contributed by atoms with E-state index in [0.29, 0.717) is 12.8 Å². The fourth-order valence-electron chi connectivity index (χ4n) is 3.10. The molecule has 2 aromatic rings. The molecule has 132 valence electrons. The van der Waals surface area contributed by atoms with E-state index in [-0.39, 0.29) is 11.7 Å². The Labute approximate surface area is 153 Å². The number of nitrogens with zero attached hydrogens (tertiary/aromatic N) is 2. The van der Waals surface area contributed by atoms with Gasteiger partial charge in [-0.2, -0.15) is 0 Å². The first-order chi connectivity index (χ1) is 12.1. The molecule has 0 saturated carbocycles. The summed E-state index contributed by atoms with van der Waals surface area (Å²) in [5.74, 6) is -0.0287. The zero-order valence-electron chi connectivity index (χ0n) is 14.1. The van der Waals surface area contributed by atoms with E-state index >= 15 is 0 Å². The van der Waals surface area contributed by atoms with Crippen molar-refractivity contribution in [3.63, 3.8) is 0 Å². The summed E-state index contributed by atoms with van der Waals surface area (Å²) in [7, 11) is 0. The van der Waals surface area contributed by atoms with Gasteiger partial charge in [0.15, 0.2) is 0 Å². The van der Waals surface area contributed by atoms with Crippen molar-refractivity contribution in [3.05, 3.63) is 70.5 Å². The summed E-state index contributed by atoms with van der Waals surface area (Å²) < 4.78 is 13.0. The third-order valence-corrected chi connectivity index (χ3v) is 4.98. The highest BCUT2D eigenvalue weighted by Gasteiger charge is 2.21. The lowest BCUT2D eigenvalue weighted by Gasteiger charge is -2.34. The molecule has 0 radical (unpaired) electrons. The summed E-state index contributed by atoms with van der Waals surface area (Å²) in [4.78, 5) is 16.6. The highest BCUT2D eigenvalue weighted by Crippen LogP contribution is 2.17. The first-order valence-corrected chi connectivity index (χ1v) is 8.97. The normalized spacial score (nSPS) is 15.4. The Balaban J connectivity index is 1.44. The number of halogens is 2. The van der Waals surface area contributed by atoms with Crippen LogP contribution >= 0.6 is 11.6 Å². The highest BCUT2D eigenvalue weighted by atomic mass is 35.5. The van der Waals surface area contributed by atoms with E-state index < -0.39 is 0 Å². The first kappa shape index (κ1) is 17.9. The summed E-state index contributed by atoms with van der Waals surface area (Å²) in [5.41, 5.74) is 2.12. The van der Waals surface area contributed by atoms with E-state index in [4.69, 9.17) is 11.6 Å². The number of benzene rings is 2. The smallest absolute Gasteiger partial charge is 0.222 e. The summed E-state index contributed by atoms with van der Waals surface area (Å²) >= 11 is 6.14. The predicted octanol–water partition coefficient (Wildman–Crippen LogP) is 3.76. The van der Waals surface area contributed by atoms with Crippen molar-refractivity contribution in [2.45, 2.75) is 19.4 Å². The Morgan fingerprint density at radius 1 is 1.00 bits per heavy atom. The van der Waals surface area contributed by atoms with Gasteiger partial charge in [0.1, 0.15) is 5.82 Å². The SMILES string of the molecule is O=C(CCc1ccccc1Cl)N1CCN(Cc2ccc(F)cc2)CC1. The molecule has 0 atom stereocenters. The second-order valence-corrected chi connectivity index (χ2v) is 6.78. The minimum absolute atomic E-state index is 0.182. The zero-order valence-corrected chi connectivity index (χ0v) is 14.9. The molecule has 1 aliphatic heterocycles. The third-order valence-electron chi connectivity index (χ3n) is 4.61. The molecule has 1 fully saturated rings. The van der Waals surface area contributed by atoms with Crippen LogP contribution in [0.15, 0.2) is 48.5 Å². The van der Waals surface area contributed by atoms with Crippen LogP contribution in [0.2, 0.25) is 5.02 Å². The molecule has 25 heavy (non-hydrogen) atoms. The number of amides is 1. The summed E-state index contributed by atoms with van der Waals surface area (Å²) in [6.45, 7) is 3.96. The van der Waals surface area contributed by atoms with Crippen molar-refractivity contribution in [2.24, 2.45) is 0 Å². The van der Waals surface area contributed by atoms with Gasteiger partial charge in [0.2, 0.25) is 5.91 Å². The van der Waals surface area contributed by atoms with Crippen molar-refractivity contribution in [3.8, 4) is 0 Å². The molecule has 2 aromatic carbocycles. The average molecular weight is 361 g/mol. The number of hydrogen-bond donors (Lipinski definition) is 0. The Kier molecular flexibility index (Phi) is 6.05. The fourth-order valence-corrected chi connectivity index (χ4v) is 3.33. The molecular formula is C20H22ClFN2O. The van der Waals surface area contributed by atoms with Crippen molar-refractivity contribution in [2.75, 3.05) is 26.2 Å². The van der Waals surface area contributed by atoms with Crippen molar-refractivity contribution in [1.82, 2.24) is 9.80 Å². The van der Waals surface area contributed by atoms with Gasteiger partial charge in [-0.1, -0.05) is 41.9 Å². The first-order valence-electron chi connectivity index (χ1n) is 8.60. The van der Waals surface area contributed by atoms with Gasteiger partial charge in [0.05, 0.1) is 0 Å².